The molecule has 0 bridgehead atoms. The van der Waals surface area contributed by atoms with Gasteiger partial charge in [-0.25, -0.2) is 15.0 Å². The first-order valence-corrected chi connectivity index (χ1v) is 16.3. The molecule has 0 saturated heterocycles. The average molecular weight is 627 g/mol. The fourth-order valence-electron chi connectivity index (χ4n) is 6.98. The van der Waals surface area contributed by atoms with Crippen LogP contribution in [-0.4, -0.2) is 19.9 Å². The molecule has 3 aromatic heterocycles. The Hall–Kier alpha value is -6.72. The molecule has 0 fully saturated rings. The van der Waals surface area contributed by atoms with E-state index in [0.717, 1.165) is 60.5 Å². The standard InChI is InChI=1S/C44H26N4O/c1-3-10-28(11-4-1)42-46-43(29-12-5-2-6-13-29)48-44(47-42)37-20-19-36(32-17-18-35-31(23-32)16-15-27-9-7-8-14-34(27)35)41-40(37)38-24-33-26-45-22-21-30(33)25-39(38)49-41/h1-26H. The zero-order valence-corrected chi connectivity index (χ0v) is 26.2. The fourth-order valence-corrected chi connectivity index (χ4v) is 6.98. The van der Waals surface area contributed by atoms with E-state index in [4.69, 9.17) is 19.4 Å². The normalized spacial score (nSPS) is 11.7. The highest BCUT2D eigenvalue weighted by atomic mass is 16.3. The highest BCUT2D eigenvalue weighted by molar-refractivity contribution is 6.18. The van der Waals surface area contributed by atoms with Crippen molar-refractivity contribution < 1.29 is 4.42 Å². The second kappa shape index (κ2) is 10.9. The number of aromatic nitrogens is 4. The van der Waals surface area contributed by atoms with Crippen LogP contribution < -0.4 is 0 Å². The molecule has 0 spiro atoms. The smallest absolute Gasteiger partial charge is 0.164 e. The molecule has 0 amide bonds. The summed E-state index contributed by atoms with van der Waals surface area (Å²) in [7, 11) is 0. The molecule has 0 atom stereocenters. The van der Waals surface area contributed by atoms with Crippen molar-refractivity contribution >= 4 is 54.3 Å². The van der Waals surface area contributed by atoms with Gasteiger partial charge in [0.05, 0.1) is 0 Å². The minimum Gasteiger partial charge on any atom is -0.455 e. The molecule has 0 N–H and O–H groups in total. The van der Waals surface area contributed by atoms with Gasteiger partial charge in [-0.05, 0) is 68.9 Å². The van der Waals surface area contributed by atoms with Crippen LogP contribution in [0.3, 0.4) is 0 Å². The Morgan fingerprint density at radius 3 is 1.88 bits per heavy atom. The molecule has 3 heterocycles. The minimum absolute atomic E-state index is 0.586. The minimum atomic E-state index is 0.586. The highest BCUT2D eigenvalue weighted by Crippen LogP contribution is 2.43. The highest BCUT2D eigenvalue weighted by Gasteiger charge is 2.21. The monoisotopic (exact) mass is 626 g/mol. The summed E-state index contributed by atoms with van der Waals surface area (Å²) in [6.07, 6.45) is 3.71. The molecule has 10 aromatic rings. The zero-order chi connectivity index (χ0) is 32.3. The van der Waals surface area contributed by atoms with Gasteiger partial charge in [-0.3, -0.25) is 4.98 Å². The van der Waals surface area contributed by atoms with Gasteiger partial charge in [0.25, 0.3) is 0 Å². The van der Waals surface area contributed by atoms with Gasteiger partial charge in [-0.1, -0.05) is 109 Å². The molecule has 10 rings (SSSR count). The Bertz CT molecular complexity index is 2820. The van der Waals surface area contributed by atoms with Crippen molar-refractivity contribution in [2.24, 2.45) is 0 Å². The van der Waals surface area contributed by atoms with Gasteiger partial charge in [0, 0.05) is 50.8 Å². The lowest BCUT2D eigenvalue weighted by Crippen LogP contribution is -2.00. The fraction of sp³-hybridized carbons (Fsp3) is 0. The lowest BCUT2D eigenvalue weighted by molar-refractivity contribution is 0.670. The first-order chi connectivity index (χ1) is 24.3. The van der Waals surface area contributed by atoms with Crippen molar-refractivity contribution in [3.05, 3.63) is 158 Å². The van der Waals surface area contributed by atoms with Crippen molar-refractivity contribution in [3.63, 3.8) is 0 Å². The first-order valence-electron chi connectivity index (χ1n) is 16.3. The number of furan rings is 1. The topological polar surface area (TPSA) is 64.7 Å². The summed E-state index contributed by atoms with van der Waals surface area (Å²) in [5.41, 5.74) is 6.41. The van der Waals surface area contributed by atoms with Gasteiger partial charge in [-0.2, -0.15) is 0 Å². The van der Waals surface area contributed by atoms with Gasteiger partial charge in [0.2, 0.25) is 0 Å². The van der Waals surface area contributed by atoms with Crippen molar-refractivity contribution in [1.29, 1.82) is 0 Å². The summed E-state index contributed by atoms with van der Waals surface area (Å²) >= 11 is 0. The lowest BCUT2D eigenvalue weighted by Gasteiger charge is -2.11. The third-order valence-electron chi connectivity index (χ3n) is 9.37. The van der Waals surface area contributed by atoms with Crippen LogP contribution in [0.1, 0.15) is 0 Å². The van der Waals surface area contributed by atoms with Gasteiger partial charge in [0.15, 0.2) is 17.5 Å². The summed E-state index contributed by atoms with van der Waals surface area (Å²) in [6.45, 7) is 0. The number of hydrogen-bond acceptors (Lipinski definition) is 5. The van der Waals surface area contributed by atoms with Gasteiger partial charge in [0.1, 0.15) is 11.2 Å². The summed E-state index contributed by atoms with van der Waals surface area (Å²) < 4.78 is 6.83. The molecule has 0 aliphatic heterocycles. The van der Waals surface area contributed by atoms with E-state index in [1.54, 1.807) is 0 Å². The van der Waals surface area contributed by atoms with Crippen LogP contribution in [0.25, 0.3) is 99.5 Å². The van der Waals surface area contributed by atoms with E-state index in [9.17, 15) is 0 Å². The number of nitrogens with zero attached hydrogens (tertiary/aromatic N) is 4. The molecule has 0 aliphatic carbocycles. The molecule has 0 aliphatic rings. The van der Waals surface area contributed by atoms with Gasteiger partial charge in [-0.15, -0.1) is 0 Å². The van der Waals surface area contributed by atoms with Crippen molar-refractivity contribution in [2.45, 2.75) is 0 Å². The molecular weight excluding hydrogens is 601 g/mol. The zero-order valence-electron chi connectivity index (χ0n) is 26.2. The van der Waals surface area contributed by atoms with Crippen molar-refractivity contribution in [2.75, 3.05) is 0 Å². The predicted octanol–water partition coefficient (Wildman–Crippen LogP) is 11.3. The van der Waals surface area contributed by atoms with E-state index in [-0.39, 0.29) is 0 Å². The largest absolute Gasteiger partial charge is 0.455 e. The molecule has 0 saturated carbocycles. The van der Waals surface area contributed by atoms with E-state index < -0.39 is 0 Å². The number of pyridine rings is 1. The Labute approximate surface area is 281 Å². The first kappa shape index (κ1) is 27.4. The van der Waals surface area contributed by atoms with Gasteiger partial charge < -0.3 is 4.42 Å². The van der Waals surface area contributed by atoms with Crippen molar-refractivity contribution in [1.82, 2.24) is 19.9 Å². The number of fused-ring (bicyclic) bond motifs is 7. The van der Waals surface area contributed by atoms with E-state index in [1.807, 2.05) is 79.1 Å². The van der Waals surface area contributed by atoms with Crippen LogP contribution >= 0.6 is 0 Å². The second-order valence-electron chi connectivity index (χ2n) is 12.3. The molecule has 0 radical (unpaired) electrons. The van der Waals surface area contributed by atoms with Crippen LogP contribution in [0.4, 0.5) is 0 Å². The molecule has 7 aromatic carbocycles. The molecule has 49 heavy (non-hydrogen) atoms. The molecule has 5 nitrogen and oxygen atoms in total. The maximum Gasteiger partial charge on any atom is 0.164 e. The van der Waals surface area contributed by atoms with Crippen LogP contribution in [-0.2, 0) is 0 Å². The maximum atomic E-state index is 6.83. The van der Waals surface area contributed by atoms with Crippen molar-refractivity contribution in [3.8, 4) is 45.3 Å². The van der Waals surface area contributed by atoms with E-state index in [0.29, 0.717) is 17.5 Å². The number of hydrogen-bond donors (Lipinski definition) is 0. The summed E-state index contributed by atoms with van der Waals surface area (Å²) in [6, 6.07) is 50.3. The maximum absolute atomic E-state index is 6.83. The Balaban J connectivity index is 1.26. The lowest BCUT2D eigenvalue weighted by atomic mass is 9.94. The summed E-state index contributed by atoms with van der Waals surface area (Å²) in [5.74, 6) is 1.82. The second-order valence-corrected chi connectivity index (χ2v) is 12.3. The van der Waals surface area contributed by atoms with Crippen LogP contribution in [0.15, 0.2) is 162 Å². The molecular formula is C44H26N4O. The Morgan fingerprint density at radius 2 is 1.08 bits per heavy atom. The van der Waals surface area contributed by atoms with Crippen LogP contribution in [0.5, 0.6) is 0 Å². The van der Waals surface area contributed by atoms with Gasteiger partial charge >= 0.3 is 0 Å². The Kier molecular flexibility index (Phi) is 6.11. The number of benzene rings is 7. The van der Waals surface area contributed by atoms with E-state index in [1.165, 1.54) is 21.5 Å². The quantitative estimate of drug-likeness (QED) is 0.182. The summed E-state index contributed by atoms with van der Waals surface area (Å²) in [5, 5.41) is 8.94. The van der Waals surface area contributed by atoms with E-state index >= 15 is 0 Å². The van der Waals surface area contributed by atoms with Crippen LogP contribution in [0.2, 0.25) is 0 Å². The molecule has 0 unspecified atom stereocenters. The Morgan fingerprint density at radius 1 is 0.408 bits per heavy atom. The van der Waals surface area contributed by atoms with Crippen LogP contribution in [0, 0.1) is 0 Å². The predicted molar refractivity (Wildman–Crippen MR) is 199 cm³/mol. The SMILES string of the molecule is c1ccc(-c2nc(-c3ccccc3)nc(-c3ccc(-c4ccc5c(ccc6ccccc65)c4)c4oc5cc6ccncc6cc5c34)n2)cc1. The average Bonchev–Trinajstić information content (AvgIpc) is 3.55. The third kappa shape index (κ3) is 4.55. The number of rotatable bonds is 4. The summed E-state index contributed by atoms with van der Waals surface area (Å²) in [4.78, 5) is 19.5. The van der Waals surface area contributed by atoms with E-state index in [2.05, 4.69) is 83.8 Å². The third-order valence-corrected chi connectivity index (χ3v) is 9.37. The molecule has 5 heteroatoms. The molecule has 228 valence electrons.